The fourth-order valence-corrected chi connectivity index (χ4v) is 1.59. The molecule has 0 radical (unpaired) electrons. The van der Waals surface area contributed by atoms with Crippen molar-refractivity contribution in [3.63, 3.8) is 0 Å². The van der Waals surface area contributed by atoms with Crippen LogP contribution in [0, 0.1) is 13.8 Å². The molecule has 0 saturated carbocycles. The standard InChI is InChI=1S/C12H12F3N3/c1-8-3-4-9(2)18(8)17-11-6-5-10(7-16-11)12(13,14)15/h3-7H,1-2H3,(H,16,17). The summed E-state index contributed by atoms with van der Waals surface area (Å²) in [7, 11) is 0. The molecule has 0 spiro atoms. The van der Waals surface area contributed by atoms with Gasteiger partial charge in [-0.25, -0.2) is 4.98 Å². The second-order valence-corrected chi connectivity index (χ2v) is 3.99. The van der Waals surface area contributed by atoms with Gasteiger partial charge >= 0.3 is 6.18 Å². The highest BCUT2D eigenvalue weighted by molar-refractivity contribution is 5.37. The Morgan fingerprint density at radius 1 is 1.06 bits per heavy atom. The number of alkyl halides is 3. The van der Waals surface area contributed by atoms with Crippen molar-refractivity contribution in [1.29, 1.82) is 0 Å². The van der Waals surface area contributed by atoms with Gasteiger partial charge in [0.25, 0.3) is 0 Å². The molecule has 96 valence electrons. The monoisotopic (exact) mass is 255 g/mol. The number of anilines is 1. The molecule has 18 heavy (non-hydrogen) atoms. The summed E-state index contributed by atoms with van der Waals surface area (Å²) in [6.07, 6.45) is -3.54. The molecule has 3 nitrogen and oxygen atoms in total. The third kappa shape index (κ3) is 2.47. The first-order valence-electron chi connectivity index (χ1n) is 5.33. The molecule has 0 bridgehead atoms. The van der Waals surface area contributed by atoms with E-state index in [2.05, 4.69) is 10.4 Å². The van der Waals surface area contributed by atoms with Crippen LogP contribution in [0.3, 0.4) is 0 Å². The van der Waals surface area contributed by atoms with Crippen LogP contribution in [0.25, 0.3) is 0 Å². The number of hydrogen-bond donors (Lipinski definition) is 1. The van der Waals surface area contributed by atoms with Crippen LogP contribution in [0.4, 0.5) is 19.0 Å². The maximum absolute atomic E-state index is 12.4. The first-order valence-corrected chi connectivity index (χ1v) is 5.33. The van der Waals surface area contributed by atoms with E-state index in [1.54, 1.807) is 4.68 Å². The quantitative estimate of drug-likeness (QED) is 0.891. The van der Waals surface area contributed by atoms with Crippen molar-refractivity contribution in [2.24, 2.45) is 0 Å². The molecule has 0 unspecified atom stereocenters. The molecule has 0 saturated heterocycles. The normalized spacial score (nSPS) is 11.6. The van der Waals surface area contributed by atoms with Gasteiger partial charge in [0, 0.05) is 17.6 Å². The van der Waals surface area contributed by atoms with Gasteiger partial charge in [-0.15, -0.1) is 0 Å². The molecule has 2 heterocycles. The van der Waals surface area contributed by atoms with Gasteiger partial charge in [-0.2, -0.15) is 13.2 Å². The highest BCUT2D eigenvalue weighted by Gasteiger charge is 2.30. The molecular weight excluding hydrogens is 243 g/mol. The Morgan fingerprint density at radius 3 is 2.11 bits per heavy atom. The predicted molar refractivity (Wildman–Crippen MR) is 62.2 cm³/mol. The third-order valence-corrected chi connectivity index (χ3v) is 2.59. The van der Waals surface area contributed by atoms with E-state index in [1.165, 1.54) is 6.07 Å². The van der Waals surface area contributed by atoms with E-state index >= 15 is 0 Å². The number of nitrogens with one attached hydrogen (secondary N) is 1. The number of hydrogen-bond acceptors (Lipinski definition) is 2. The number of aryl methyl sites for hydroxylation is 2. The van der Waals surface area contributed by atoms with Crippen LogP contribution in [0.1, 0.15) is 17.0 Å². The fourth-order valence-electron chi connectivity index (χ4n) is 1.59. The number of rotatable bonds is 2. The van der Waals surface area contributed by atoms with Gasteiger partial charge in [0.05, 0.1) is 5.56 Å². The first-order chi connectivity index (χ1) is 8.38. The lowest BCUT2D eigenvalue weighted by molar-refractivity contribution is -0.137. The van der Waals surface area contributed by atoms with Crippen LogP contribution in [0.2, 0.25) is 0 Å². The Labute approximate surface area is 102 Å². The Morgan fingerprint density at radius 2 is 1.67 bits per heavy atom. The SMILES string of the molecule is Cc1ccc(C)n1Nc1ccc(C(F)(F)F)cn1. The Kier molecular flexibility index (Phi) is 3.02. The summed E-state index contributed by atoms with van der Waals surface area (Å²) in [6.45, 7) is 3.79. The summed E-state index contributed by atoms with van der Waals surface area (Å²) in [6, 6.07) is 6.13. The molecule has 0 aliphatic rings. The maximum Gasteiger partial charge on any atom is 0.417 e. The Balaban J connectivity index is 2.21. The van der Waals surface area contributed by atoms with Gasteiger partial charge in [0.1, 0.15) is 5.82 Å². The van der Waals surface area contributed by atoms with Crippen molar-refractivity contribution < 1.29 is 13.2 Å². The molecule has 2 aromatic rings. The van der Waals surface area contributed by atoms with Crippen LogP contribution in [-0.4, -0.2) is 9.66 Å². The summed E-state index contributed by atoms with van der Waals surface area (Å²) < 4.78 is 38.8. The second-order valence-electron chi connectivity index (χ2n) is 3.99. The lowest BCUT2D eigenvalue weighted by atomic mass is 10.3. The van der Waals surface area contributed by atoms with Crippen LogP contribution >= 0.6 is 0 Å². The largest absolute Gasteiger partial charge is 0.417 e. The molecule has 0 aliphatic heterocycles. The number of halogens is 3. The van der Waals surface area contributed by atoms with Crippen molar-refractivity contribution in [2.45, 2.75) is 20.0 Å². The van der Waals surface area contributed by atoms with E-state index in [9.17, 15) is 13.2 Å². The van der Waals surface area contributed by atoms with Gasteiger partial charge in [-0.05, 0) is 38.1 Å². The van der Waals surface area contributed by atoms with Crippen LogP contribution in [-0.2, 0) is 6.18 Å². The summed E-state index contributed by atoms with van der Waals surface area (Å²) >= 11 is 0. The average molecular weight is 255 g/mol. The molecule has 6 heteroatoms. The lowest BCUT2D eigenvalue weighted by Crippen LogP contribution is -2.14. The average Bonchev–Trinajstić information content (AvgIpc) is 2.60. The molecular formula is C12H12F3N3. The predicted octanol–water partition coefficient (Wildman–Crippen LogP) is 3.39. The highest BCUT2D eigenvalue weighted by Crippen LogP contribution is 2.28. The zero-order valence-corrected chi connectivity index (χ0v) is 9.92. The Bertz CT molecular complexity index is 521. The van der Waals surface area contributed by atoms with E-state index in [1.807, 2.05) is 26.0 Å². The smallest absolute Gasteiger partial charge is 0.278 e. The molecule has 1 N–H and O–H groups in total. The van der Waals surface area contributed by atoms with E-state index in [-0.39, 0.29) is 0 Å². The molecule has 0 fully saturated rings. The van der Waals surface area contributed by atoms with E-state index in [4.69, 9.17) is 0 Å². The van der Waals surface area contributed by atoms with Gasteiger partial charge in [0.2, 0.25) is 0 Å². The van der Waals surface area contributed by atoms with Crippen molar-refractivity contribution >= 4 is 5.82 Å². The van der Waals surface area contributed by atoms with Gasteiger partial charge in [-0.1, -0.05) is 0 Å². The number of aromatic nitrogens is 2. The zero-order chi connectivity index (χ0) is 13.3. The van der Waals surface area contributed by atoms with E-state index in [0.29, 0.717) is 5.82 Å². The fraction of sp³-hybridized carbons (Fsp3) is 0.250. The topological polar surface area (TPSA) is 29.9 Å². The second kappa shape index (κ2) is 4.36. The van der Waals surface area contributed by atoms with Gasteiger partial charge in [0.15, 0.2) is 0 Å². The summed E-state index contributed by atoms with van der Waals surface area (Å²) in [5.74, 6) is 0.366. The number of pyridine rings is 1. The minimum atomic E-state index is -4.36. The van der Waals surface area contributed by atoms with E-state index in [0.717, 1.165) is 23.7 Å². The van der Waals surface area contributed by atoms with Crippen molar-refractivity contribution in [3.05, 3.63) is 47.4 Å². The number of nitrogens with zero attached hydrogens (tertiary/aromatic N) is 2. The van der Waals surface area contributed by atoms with E-state index < -0.39 is 11.7 Å². The minimum absolute atomic E-state index is 0.366. The van der Waals surface area contributed by atoms with Crippen LogP contribution in [0.5, 0.6) is 0 Å². The molecule has 2 aromatic heterocycles. The van der Waals surface area contributed by atoms with Gasteiger partial charge < -0.3 is 0 Å². The lowest BCUT2D eigenvalue weighted by Gasteiger charge is -2.12. The Hall–Kier alpha value is -1.98. The van der Waals surface area contributed by atoms with Crippen molar-refractivity contribution in [2.75, 3.05) is 5.43 Å². The van der Waals surface area contributed by atoms with Crippen LogP contribution in [0.15, 0.2) is 30.5 Å². The summed E-state index contributed by atoms with van der Waals surface area (Å²) in [5.41, 5.74) is 4.09. The van der Waals surface area contributed by atoms with Crippen LogP contribution < -0.4 is 5.43 Å². The van der Waals surface area contributed by atoms with Crippen molar-refractivity contribution in [3.8, 4) is 0 Å². The third-order valence-electron chi connectivity index (χ3n) is 2.59. The molecule has 0 aliphatic carbocycles. The maximum atomic E-state index is 12.4. The zero-order valence-electron chi connectivity index (χ0n) is 9.92. The minimum Gasteiger partial charge on any atom is -0.278 e. The summed E-state index contributed by atoms with van der Waals surface area (Å²) in [4.78, 5) is 3.75. The first kappa shape index (κ1) is 12.5. The summed E-state index contributed by atoms with van der Waals surface area (Å²) in [5, 5.41) is 0. The van der Waals surface area contributed by atoms with Gasteiger partial charge in [-0.3, -0.25) is 10.1 Å². The molecule has 0 atom stereocenters. The van der Waals surface area contributed by atoms with Crippen molar-refractivity contribution in [1.82, 2.24) is 9.66 Å². The molecule has 0 amide bonds. The molecule has 0 aromatic carbocycles. The highest BCUT2D eigenvalue weighted by atomic mass is 19.4. The molecule has 2 rings (SSSR count).